The molecule has 0 saturated carbocycles. The minimum atomic E-state index is -0.404. The third kappa shape index (κ3) is 1.63. The molecule has 1 aromatic carbocycles. The lowest BCUT2D eigenvalue weighted by Gasteiger charge is -2.00. The molecule has 3 rings (SSSR count). The van der Waals surface area contributed by atoms with Crippen LogP contribution in [-0.2, 0) is 0 Å². The van der Waals surface area contributed by atoms with Gasteiger partial charge >= 0.3 is 5.91 Å². The minimum absolute atomic E-state index is 0.161. The van der Waals surface area contributed by atoms with Crippen molar-refractivity contribution in [1.82, 2.24) is 20.0 Å². The lowest BCUT2D eigenvalue weighted by Crippen LogP contribution is -2.21. The van der Waals surface area contributed by atoms with E-state index in [1.54, 1.807) is 12.1 Å². The van der Waals surface area contributed by atoms with Gasteiger partial charge in [0.25, 0.3) is 0 Å². The van der Waals surface area contributed by atoms with Crippen molar-refractivity contribution in [3.8, 4) is 0 Å². The number of nitrogens with one attached hydrogen (secondary N) is 1. The van der Waals surface area contributed by atoms with Crippen molar-refractivity contribution >= 4 is 16.8 Å². The molecular formula is C10H7N5O2. The second-order valence-electron chi connectivity index (χ2n) is 3.34. The molecule has 2 heterocycles. The first-order valence-corrected chi connectivity index (χ1v) is 4.85. The van der Waals surface area contributed by atoms with Crippen molar-refractivity contribution in [2.75, 3.05) is 5.43 Å². The maximum atomic E-state index is 11.9. The number of hydrogen-bond acceptors (Lipinski definition) is 5. The van der Waals surface area contributed by atoms with E-state index in [0.29, 0.717) is 10.9 Å². The van der Waals surface area contributed by atoms with E-state index in [4.69, 9.17) is 4.52 Å². The monoisotopic (exact) mass is 229 g/mol. The summed E-state index contributed by atoms with van der Waals surface area (Å²) in [5, 5.41) is 11.6. The molecule has 3 aromatic rings. The summed E-state index contributed by atoms with van der Waals surface area (Å²) in [6.45, 7) is 0. The highest BCUT2D eigenvalue weighted by Gasteiger charge is 2.16. The Kier molecular flexibility index (Phi) is 2.08. The summed E-state index contributed by atoms with van der Waals surface area (Å²) in [6, 6.07) is 7.18. The van der Waals surface area contributed by atoms with Gasteiger partial charge in [0.15, 0.2) is 0 Å². The number of amides is 1. The fraction of sp³-hybridized carbons (Fsp3) is 0. The van der Waals surface area contributed by atoms with Crippen molar-refractivity contribution in [3.05, 3.63) is 42.7 Å². The molecule has 0 unspecified atom stereocenters. The van der Waals surface area contributed by atoms with Crippen LogP contribution < -0.4 is 5.43 Å². The van der Waals surface area contributed by atoms with E-state index < -0.39 is 5.91 Å². The average Bonchev–Trinajstić information content (AvgIpc) is 2.96. The van der Waals surface area contributed by atoms with E-state index in [0.717, 1.165) is 0 Å². The summed E-state index contributed by atoms with van der Waals surface area (Å²) < 4.78 is 6.34. The molecule has 2 aromatic heterocycles. The minimum Gasteiger partial charge on any atom is -0.350 e. The fourth-order valence-corrected chi connectivity index (χ4v) is 1.48. The van der Waals surface area contributed by atoms with Gasteiger partial charge in [0.05, 0.1) is 5.39 Å². The summed E-state index contributed by atoms with van der Waals surface area (Å²) in [5.41, 5.74) is 3.18. The number of carbonyl (C=O) groups excluding carboxylic acids is 1. The summed E-state index contributed by atoms with van der Waals surface area (Å²) in [7, 11) is 0. The molecule has 84 valence electrons. The summed E-state index contributed by atoms with van der Waals surface area (Å²) in [5.74, 6) is -0.243. The van der Waals surface area contributed by atoms with Crippen LogP contribution in [0.2, 0.25) is 0 Å². The van der Waals surface area contributed by atoms with Crippen molar-refractivity contribution in [2.45, 2.75) is 0 Å². The normalized spacial score (nSPS) is 10.6. The highest BCUT2D eigenvalue weighted by molar-refractivity contribution is 6.07. The predicted molar refractivity (Wildman–Crippen MR) is 57.7 cm³/mol. The maximum absolute atomic E-state index is 11.9. The van der Waals surface area contributed by atoms with Gasteiger partial charge in [0.2, 0.25) is 5.76 Å². The third-order valence-corrected chi connectivity index (χ3v) is 2.24. The first kappa shape index (κ1) is 9.52. The van der Waals surface area contributed by atoms with E-state index in [1.165, 1.54) is 17.3 Å². The Morgan fingerprint density at radius 3 is 2.82 bits per heavy atom. The molecule has 0 aliphatic rings. The molecule has 0 aliphatic carbocycles. The number of rotatable bonds is 2. The molecular weight excluding hydrogens is 222 g/mol. The zero-order chi connectivity index (χ0) is 11.7. The van der Waals surface area contributed by atoms with E-state index in [2.05, 4.69) is 20.8 Å². The van der Waals surface area contributed by atoms with Crippen molar-refractivity contribution in [2.24, 2.45) is 0 Å². The molecule has 7 heteroatoms. The molecule has 7 nitrogen and oxygen atoms in total. The third-order valence-electron chi connectivity index (χ3n) is 2.24. The molecule has 1 N–H and O–H groups in total. The number of carbonyl (C=O) groups is 1. The lowest BCUT2D eigenvalue weighted by molar-refractivity contribution is 0.0975. The zero-order valence-electron chi connectivity index (χ0n) is 8.57. The van der Waals surface area contributed by atoms with Crippen molar-refractivity contribution in [3.63, 3.8) is 0 Å². The van der Waals surface area contributed by atoms with Crippen molar-refractivity contribution in [1.29, 1.82) is 0 Å². The smallest absolute Gasteiger partial charge is 0.309 e. The van der Waals surface area contributed by atoms with Crippen LogP contribution in [0.5, 0.6) is 0 Å². The Morgan fingerprint density at radius 1 is 1.24 bits per heavy atom. The quantitative estimate of drug-likeness (QED) is 0.702. The standard InChI is InChI=1S/C10H7N5O2/c16-10(13-15-5-11-12-6-15)9-7-3-1-2-4-8(7)14-17-9/h1-6H,(H,13,16). The highest BCUT2D eigenvalue weighted by atomic mass is 16.5. The van der Waals surface area contributed by atoms with Crippen LogP contribution in [0, 0.1) is 0 Å². The maximum Gasteiger partial charge on any atom is 0.309 e. The van der Waals surface area contributed by atoms with Crippen LogP contribution in [0.3, 0.4) is 0 Å². The Balaban J connectivity index is 1.96. The van der Waals surface area contributed by atoms with E-state index in [-0.39, 0.29) is 5.76 Å². The fourth-order valence-electron chi connectivity index (χ4n) is 1.48. The van der Waals surface area contributed by atoms with Gasteiger partial charge in [-0.25, -0.2) is 4.68 Å². The number of hydrogen-bond donors (Lipinski definition) is 1. The van der Waals surface area contributed by atoms with Gasteiger partial charge in [-0.3, -0.25) is 10.2 Å². The van der Waals surface area contributed by atoms with Crippen LogP contribution in [0.4, 0.5) is 0 Å². The second-order valence-corrected chi connectivity index (χ2v) is 3.34. The van der Waals surface area contributed by atoms with Crippen molar-refractivity contribution < 1.29 is 9.32 Å². The zero-order valence-corrected chi connectivity index (χ0v) is 8.57. The summed E-state index contributed by atoms with van der Waals surface area (Å²) in [6.07, 6.45) is 2.74. The summed E-state index contributed by atoms with van der Waals surface area (Å²) in [4.78, 5) is 11.9. The van der Waals surface area contributed by atoms with Gasteiger partial charge in [0, 0.05) is 0 Å². The van der Waals surface area contributed by atoms with Gasteiger partial charge in [-0.15, -0.1) is 10.2 Å². The van der Waals surface area contributed by atoms with E-state index >= 15 is 0 Å². The largest absolute Gasteiger partial charge is 0.350 e. The molecule has 1 amide bonds. The van der Waals surface area contributed by atoms with Gasteiger partial charge in [-0.2, -0.15) is 0 Å². The Morgan fingerprint density at radius 2 is 2.00 bits per heavy atom. The molecule has 0 bridgehead atoms. The topological polar surface area (TPSA) is 85.8 Å². The van der Waals surface area contributed by atoms with Gasteiger partial charge < -0.3 is 4.52 Å². The second kappa shape index (κ2) is 3.71. The first-order chi connectivity index (χ1) is 8.34. The number of aromatic nitrogens is 4. The van der Waals surface area contributed by atoms with Crippen LogP contribution in [-0.4, -0.2) is 25.9 Å². The number of nitrogens with zero attached hydrogens (tertiary/aromatic N) is 4. The molecule has 0 atom stereocenters. The van der Waals surface area contributed by atoms with Crippen LogP contribution in [0.1, 0.15) is 10.6 Å². The number of benzene rings is 1. The SMILES string of the molecule is O=C(Nn1cnnc1)c1onc2ccccc12. The summed E-state index contributed by atoms with van der Waals surface area (Å²) >= 11 is 0. The molecule has 0 saturated heterocycles. The van der Waals surface area contributed by atoms with Crippen LogP contribution >= 0.6 is 0 Å². The van der Waals surface area contributed by atoms with Crippen LogP contribution in [0.15, 0.2) is 41.4 Å². The first-order valence-electron chi connectivity index (χ1n) is 4.85. The Labute approximate surface area is 95.0 Å². The molecule has 0 radical (unpaired) electrons. The molecule has 0 spiro atoms. The molecule has 0 fully saturated rings. The van der Waals surface area contributed by atoms with Gasteiger partial charge in [0.1, 0.15) is 18.2 Å². The average molecular weight is 229 g/mol. The molecule has 0 aliphatic heterocycles. The Hall–Kier alpha value is -2.70. The predicted octanol–water partition coefficient (Wildman–Crippen LogP) is 0.803. The Bertz CT molecular complexity index is 658. The van der Waals surface area contributed by atoms with Gasteiger partial charge in [-0.05, 0) is 12.1 Å². The van der Waals surface area contributed by atoms with E-state index in [1.807, 2.05) is 12.1 Å². The highest BCUT2D eigenvalue weighted by Crippen LogP contribution is 2.17. The molecule has 17 heavy (non-hydrogen) atoms. The lowest BCUT2D eigenvalue weighted by atomic mass is 10.2. The van der Waals surface area contributed by atoms with Crippen LogP contribution in [0.25, 0.3) is 10.9 Å². The van der Waals surface area contributed by atoms with E-state index in [9.17, 15) is 4.79 Å². The number of fused-ring (bicyclic) bond motifs is 1. The van der Waals surface area contributed by atoms with Gasteiger partial charge in [-0.1, -0.05) is 17.3 Å².